The van der Waals surface area contributed by atoms with E-state index in [4.69, 9.17) is 4.74 Å². The van der Waals surface area contributed by atoms with Crippen molar-refractivity contribution in [2.24, 2.45) is 0 Å². The van der Waals surface area contributed by atoms with Crippen LogP contribution in [0.25, 0.3) is 0 Å². The van der Waals surface area contributed by atoms with E-state index < -0.39 is 0 Å². The lowest BCUT2D eigenvalue weighted by molar-refractivity contribution is -0.134. The molecule has 1 heterocycles. The maximum Gasteiger partial charge on any atom is 0.243 e. The van der Waals surface area contributed by atoms with E-state index in [9.17, 15) is 9.59 Å². The molecule has 1 aliphatic heterocycles. The molecule has 1 aromatic carbocycles. The van der Waals surface area contributed by atoms with Crippen LogP contribution in [-0.4, -0.2) is 25.0 Å². The van der Waals surface area contributed by atoms with Crippen molar-refractivity contribution in [3.8, 4) is 5.75 Å². The SMILES string of the molecule is COc1cccc(C(C)NC2CCC(=O)NC2=O)c1. The Kier molecular flexibility index (Phi) is 4.16. The molecule has 0 bridgehead atoms. The maximum atomic E-state index is 11.7. The molecule has 19 heavy (non-hydrogen) atoms. The quantitative estimate of drug-likeness (QED) is 0.799. The molecule has 5 heteroatoms. The zero-order chi connectivity index (χ0) is 13.8. The van der Waals surface area contributed by atoms with Crippen LogP contribution in [0.2, 0.25) is 0 Å². The molecule has 2 rings (SSSR count). The number of hydrogen-bond acceptors (Lipinski definition) is 4. The van der Waals surface area contributed by atoms with Gasteiger partial charge in [0.15, 0.2) is 0 Å². The molecular weight excluding hydrogens is 244 g/mol. The minimum Gasteiger partial charge on any atom is -0.497 e. The molecule has 1 saturated heterocycles. The van der Waals surface area contributed by atoms with E-state index in [1.807, 2.05) is 31.2 Å². The van der Waals surface area contributed by atoms with Crippen LogP contribution in [0.5, 0.6) is 5.75 Å². The Morgan fingerprint density at radius 3 is 2.89 bits per heavy atom. The molecule has 0 saturated carbocycles. The van der Waals surface area contributed by atoms with Crippen LogP contribution < -0.4 is 15.4 Å². The highest BCUT2D eigenvalue weighted by Gasteiger charge is 2.27. The Balaban J connectivity index is 2.02. The number of ether oxygens (including phenoxy) is 1. The minimum atomic E-state index is -0.320. The Labute approximate surface area is 112 Å². The van der Waals surface area contributed by atoms with Gasteiger partial charge in [-0.05, 0) is 31.0 Å². The van der Waals surface area contributed by atoms with Gasteiger partial charge < -0.3 is 4.74 Å². The normalized spacial score (nSPS) is 20.8. The molecule has 0 aromatic heterocycles. The number of carbonyl (C=O) groups excluding carboxylic acids is 2. The van der Waals surface area contributed by atoms with Gasteiger partial charge in [0.05, 0.1) is 13.2 Å². The summed E-state index contributed by atoms with van der Waals surface area (Å²) in [6, 6.07) is 7.40. The highest BCUT2D eigenvalue weighted by atomic mass is 16.5. The van der Waals surface area contributed by atoms with E-state index in [0.29, 0.717) is 12.8 Å². The summed E-state index contributed by atoms with van der Waals surface area (Å²) in [7, 11) is 1.62. The molecule has 1 fully saturated rings. The molecule has 2 amide bonds. The van der Waals surface area contributed by atoms with E-state index in [-0.39, 0.29) is 23.9 Å². The summed E-state index contributed by atoms with van der Waals surface area (Å²) in [5.41, 5.74) is 1.05. The fraction of sp³-hybridized carbons (Fsp3) is 0.429. The average Bonchev–Trinajstić information content (AvgIpc) is 2.42. The van der Waals surface area contributed by atoms with E-state index in [2.05, 4.69) is 10.6 Å². The number of rotatable bonds is 4. The van der Waals surface area contributed by atoms with Crippen molar-refractivity contribution in [2.75, 3.05) is 7.11 Å². The molecule has 1 aliphatic rings. The number of carbonyl (C=O) groups is 2. The molecule has 2 unspecified atom stereocenters. The monoisotopic (exact) mass is 262 g/mol. The van der Waals surface area contributed by atoms with Crippen molar-refractivity contribution in [2.45, 2.75) is 31.8 Å². The molecule has 1 aromatic rings. The van der Waals surface area contributed by atoms with E-state index >= 15 is 0 Å². The summed E-state index contributed by atoms with van der Waals surface area (Å²) in [5.74, 6) is 0.345. The molecule has 0 radical (unpaired) electrons. The summed E-state index contributed by atoms with van der Waals surface area (Å²) in [6.45, 7) is 1.98. The lowest BCUT2D eigenvalue weighted by Crippen LogP contribution is -2.51. The van der Waals surface area contributed by atoms with Crippen molar-refractivity contribution >= 4 is 11.8 Å². The highest BCUT2D eigenvalue weighted by Crippen LogP contribution is 2.20. The summed E-state index contributed by atoms with van der Waals surface area (Å²) in [6.07, 6.45) is 0.924. The smallest absolute Gasteiger partial charge is 0.243 e. The van der Waals surface area contributed by atoms with Crippen LogP contribution in [0.15, 0.2) is 24.3 Å². The molecule has 2 N–H and O–H groups in total. The molecule has 2 atom stereocenters. The molecule has 102 valence electrons. The number of nitrogens with one attached hydrogen (secondary N) is 2. The van der Waals surface area contributed by atoms with Gasteiger partial charge in [-0.3, -0.25) is 20.2 Å². The fourth-order valence-electron chi connectivity index (χ4n) is 2.16. The summed E-state index contributed by atoms with van der Waals surface area (Å²) >= 11 is 0. The number of amides is 2. The van der Waals surface area contributed by atoms with Gasteiger partial charge in [0, 0.05) is 12.5 Å². The van der Waals surface area contributed by atoms with E-state index in [0.717, 1.165) is 11.3 Å². The molecule has 0 aliphatic carbocycles. The minimum absolute atomic E-state index is 0.0130. The van der Waals surface area contributed by atoms with E-state index in [1.54, 1.807) is 7.11 Å². The third-order valence-electron chi connectivity index (χ3n) is 3.28. The lowest BCUT2D eigenvalue weighted by Gasteiger charge is -2.25. The average molecular weight is 262 g/mol. The first kappa shape index (κ1) is 13.5. The lowest BCUT2D eigenvalue weighted by atomic mass is 10.0. The Morgan fingerprint density at radius 1 is 1.42 bits per heavy atom. The standard InChI is InChI=1S/C14H18N2O3/c1-9(10-4-3-5-11(8-10)19-2)15-12-6-7-13(17)16-14(12)18/h3-5,8-9,12,15H,6-7H2,1-2H3,(H,16,17,18). The third-order valence-corrected chi connectivity index (χ3v) is 3.28. The van der Waals surface area contributed by atoms with Crippen molar-refractivity contribution < 1.29 is 14.3 Å². The topological polar surface area (TPSA) is 67.4 Å². The first-order valence-electron chi connectivity index (χ1n) is 6.34. The number of imide groups is 1. The van der Waals surface area contributed by atoms with Gasteiger partial charge in [-0.25, -0.2) is 0 Å². The van der Waals surface area contributed by atoms with Crippen molar-refractivity contribution in [3.63, 3.8) is 0 Å². The van der Waals surface area contributed by atoms with Gasteiger partial charge in [-0.1, -0.05) is 12.1 Å². The van der Waals surface area contributed by atoms with Gasteiger partial charge >= 0.3 is 0 Å². The number of methoxy groups -OCH3 is 1. The predicted octanol–water partition coefficient (Wildman–Crippen LogP) is 1.15. The first-order chi connectivity index (χ1) is 9.10. The van der Waals surface area contributed by atoms with Crippen molar-refractivity contribution in [1.29, 1.82) is 0 Å². The second-order valence-corrected chi connectivity index (χ2v) is 4.67. The van der Waals surface area contributed by atoms with Gasteiger partial charge in [0.2, 0.25) is 11.8 Å². The van der Waals surface area contributed by atoms with Gasteiger partial charge in [-0.15, -0.1) is 0 Å². The molecular formula is C14H18N2O3. The Bertz CT molecular complexity index is 487. The third kappa shape index (κ3) is 3.32. The fourth-order valence-corrected chi connectivity index (χ4v) is 2.16. The van der Waals surface area contributed by atoms with Gasteiger partial charge in [-0.2, -0.15) is 0 Å². The summed E-state index contributed by atoms with van der Waals surface area (Å²) in [5, 5.41) is 5.58. The Morgan fingerprint density at radius 2 is 2.21 bits per heavy atom. The first-order valence-corrected chi connectivity index (χ1v) is 6.34. The summed E-state index contributed by atoms with van der Waals surface area (Å²) in [4.78, 5) is 22.8. The largest absolute Gasteiger partial charge is 0.497 e. The second-order valence-electron chi connectivity index (χ2n) is 4.67. The highest BCUT2D eigenvalue weighted by molar-refractivity contribution is 6.00. The zero-order valence-corrected chi connectivity index (χ0v) is 11.1. The number of benzene rings is 1. The molecule has 5 nitrogen and oxygen atoms in total. The van der Waals surface area contributed by atoms with Crippen LogP contribution in [-0.2, 0) is 9.59 Å². The van der Waals surface area contributed by atoms with Gasteiger partial charge in [0.1, 0.15) is 5.75 Å². The molecule has 0 spiro atoms. The predicted molar refractivity (Wildman–Crippen MR) is 70.7 cm³/mol. The number of piperidine rings is 1. The van der Waals surface area contributed by atoms with Crippen LogP contribution in [0, 0.1) is 0 Å². The van der Waals surface area contributed by atoms with Crippen LogP contribution in [0.4, 0.5) is 0 Å². The van der Waals surface area contributed by atoms with Crippen LogP contribution in [0.3, 0.4) is 0 Å². The van der Waals surface area contributed by atoms with Gasteiger partial charge in [0.25, 0.3) is 0 Å². The van der Waals surface area contributed by atoms with Crippen molar-refractivity contribution in [1.82, 2.24) is 10.6 Å². The van der Waals surface area contributed by atoms with Crippen LogP contribution in [0.1, 0.15) is 31.4 Å². The van der Waals surface area contributed by atoms with E-state index in [1.165, 1.54) is 0 Å². The maximum absolute atomic E-state index is 11.7. The summed E-state index contributed by atoms with van der Waals surface area (Å²) < 4.78 is 5.18. The zero-order valence-electron chi connectivity index (χ0n) is 11.1. The second kappa shape index (κ2) is 5.84. The van der Waals surface area contributed by atoms with Crippen molar-refractivity contribution in [3.05, 3.63) is 29.8 Å². The number of hydrogen-bond donors (Lipinski definition) is 2. The van der Waals surface area contributed by atoms with Crippen LogP contribution >= 0.6 is 0 Å². The Hall–Kier alpha value is -1.88.